The van der Waals surface area contributed by atoms with Crippen LogP contribution in [0.1, 0.15) is 33.1 Å². The van der Waals surface area contributed by atoms with Gasteiger partial charge in [0, 0.05) is 23.9 Å². The number of benzene rings is 1. The molecule has 1 aromatic carbocycles. The molecule has 0 saturated carbocycles. The molecule has 2 rings (SSSR count). The largest absolute Gasteiger partial charge is 0.357 e. The smallest absolute Gasteiger partial charge is 0.238 e. The summed E-state index contributed by atoms with van der Waals surface area (Å²) in [4.78, 5) is 16.0. The molecule has 134 valence electrons. The first-order chi connectivity index (χ1) is 11.7. The van der Waals surface area contributed by atoms with Gasteiger partial charge in [-0.3, -0.25) is 15.6 Å². The number of carbonyl (C=O) groups is 1. The summed E-state index contributed by atoms with van der Waals surface area (Å²) >= 11 is 5.06. The first-order valence-electron chi connectivity index (χ1n) is 7.68. The second-order valence-electron chi connectivity index (χ2n) is 6.40. The number of nitrogens with one attached hydrogen (secondary N) is 3. The standard InChI is InChI=1S/C16H20FN5O2S/c1-16(2,3)19-15(25)21-20-12(23)8-9-13-18-14(22-24-13)10-4-6-11(17)7-5-10/h4-7H,8-9H2,1-3H3,(H,20,23)(H2,19,21,25). The Morgan fingerprint density at radius 1 is 1.24 bits per heavy atom. The fourth-order valence-corrected chi connectivity index (χ4v) is 2.21. The van der Waals surface area contributed by atoms with Crippen molar-refractivity contribution < 1.29 is 13.7 Å². The summed E-state index contributed by atoms with van der Waals surface area (Å²) in [6.07, 6.45) is 0.428. The van der Waals surface area contributed by atoms with Crippen LogP contribution in [-0.2, 0) is 11.2 Å². The molecule has 1 heterocycles. The number of aryl methyl sites for hydroxylation is 1. The molecule has 9 heteroatoms. The van der Waals surface area contributed by atoms with Gasteiger partial charge in [0.25, 0.3) is 0 Å². The first kappa shape index (κ1) is 18.8. The summed E-state index contributed by atoms with van der Waals surface area (Å²) in [6.45, 7) is 5.87. The van der Waals surface area contributed by atoms with Gasteiger partial charge in [0.2, 0.25) is 17.6 Å². The van der Waals surface area contributed by atoms with E-state index >= 15 is 0 Å². The van der Waals surface area contributed by atoms with E-state index < -0.39 is 0 Å². The molecule has 7 nitrogen and oxygen atoms in total. The van der Waals surface area contributed by atoms with Crippen molar-refractivity contribution in [2.75, 3.05) is 0 Å². The summed E-state index contributed by atoms with van der Waals surface area (Å²) in [5, 5.41) is 7.16. The van der Waals surface area contributed by atoms with Crippen LogP contribution < -0.4 is 16.2 Å². The predicted octanol–water partition coefficient (Wildman–Crippen LogP) is 2.10. The zero-order valence-electron chi connectivity index (χ0n) is 14.2. The first-order valence-corrected chi connectivity index (χ1v) is 8.09. The number of aromatic nitrogens is 2. The molecule has 0 aliphatic carbocycles. The van der Waals surface area contributed by atoms with Crippen LogP contribution in [-0.4, -0.2) is 26.7 Å². The van der Waals surface area contributed by atoms with Gasteiger partial charge >= 0.3 is 0 Å². The number of nitrogens with zero attached hydrogens (tertiary/aromatic N) is 2. The highest BCUT2D eigenvalue weighted by Gasteiger charge is 2.13. The van der Waals surface area contributed by atoms with Gasteiger partial charge in [-0.15, -0.1) is 0 Å². The molecule has 0 saturated heterocycles. The third-order valence-corrected chi connectivity index (χ3v) is 3.14. The number of thiocarbonyl (C=S) groups is 1. The molecule has 0 unspecified atom stereocenters. The van der Waals surface area contributed by atoms with E-state index in [1.54, 1.807) is 12.1 Å². The molecule has 0 bridgehead atoms. The van der Waals surface area contributed by atoms with Gasteiger partial charge in [0.15, 0.2) is 5.11 Å². The van der Waals surface area contributed by atoms with E-state index in [1.807, 2.05) is 20.8 Å². The molecule has 1 amide bonds. The van der Waals surface area contributed by atoms with Crippen LogP contribution in [0.2, 0.25) is 0 Å². The Morgan fingerprint density at radius 3 is 2.56 bits per heavy atom. The van der Waals surface area contributed by atoms with Crippen molar-refractivity contribution in [1.82, 2.24) is 26.3 Å². The summed E-state index contributed by atoms with van der Waals surface area (Å²) < 4.78 is 18.0. The van der Waals surface area contributed by atoms with Gasteiger partial charge in [-0.2, -0.15) is 4.98 Å². The minimum Gasteiger partial charge on any atom is -0.357 e. The highest BCUT2D eigenvalue weighted by molar-refractivity contribution is 7.80. The Balaban J connectivity index is 1.79. The zero-order chi connectivity index (χ0) is 18.4. The predicted molar refractivity (Wildman–Crippen MR) is 94.8 cm³/mol. The maximum Gasteiger partial charge on any atom is 0.238 e. The van der Waals surface area contributed by atoms with E-state index in [0.29, 0.717) is 22.4 Å². The van der Waals surface area contributed by atoms with Crippen molar-refractivity contribution in [1.29, 1.82) is 0 Å². The third-order valence-electron chi connectivity index (χ3n) is 2.94. The number of hydrazine groups is 1. The maximum atomic E-state index is 12.9. The minimum atomic E-state index is -0.337. The van der Waals surface area contributed by atoms with Gasteiger partial charge in [-0.1, -0.05) is 5.16 Å². The quantitative estimate of drug-likeness (QED) is 0.564. The molecule has 0 aliphatic heterocycles. The van der Waals surface area contributed by atoms with Gasteiger partial charge < -0.3 is 9.84 Å². The number of amides is 1. The molecule has 1 aromatic heterocycles. The average molecular weight is 365 g/mol. The van der Waals surface area contributed by atoms with Gasteiger partial charge in [0.1, 0.15) is 5.82 Å². The topological polar surface area (TPSA) is 92.1 Å². The summed E-state index contributed by atoms with van der Waals surface area (Å²) in [7, 11) is 0. The van der Waals surface area contributed by atoms with Crippen molar-refractivity contribution in [2.45, 2.75) is 39.2 Å². The second kappa shape index (κ2) is 8.02. The van der Waals surface area contributed by atoms with Crippen LogP contribution >= 0.6 is 12.2 Å². The average Bonchev–Trinajstić information content (AvgIpc) is 2.99. The lowest BCUT2D eigenvalue weighted by atomic mass is 10.1. The van der Waals surface area contributed by atoms with E-state index in [2.05, 4.69) is 26.3 Å². The van der Waals surface area contributed by atoms with E-state index in [4.69, 9.17) is 16.7 Å². The highest BCUT2D eigenvalue weighted by atomic mass is 32.1. The molecule has 3 N–H and O–H groups in total. The number of rotatable bonds is 4. The molecule has 25 heavy (non-hydrogen) atoms. The van der Waals surface area contributed by atoms with Crippen molar-refractivity contribution in [2.24, 2.45) is 0 Å². The lowest BCUT2D eigenvalue weighted by molar-refractivity contribution is -0.121. The van der Waals surface area contributed by atoms with Crippen LogP contribution in [0.5, 0.6) is 0 Å². The fourth-order valence-electron chi connectivity index (χ4n) is 1.85. The van der Waals surface area contributed by atoms with Crippen LogP contribution in [0.4, 0.5) is 4.39 Å². The lowest BCUT2D eigenvalue weighted by Gasteiger charge is -2.23. The molecular weight excluding hydrogens is 345 g/mol. The summed E-state index contributed by atoms with van der Waals surface area (Å²) in [5.74, 6) is 0.0732. The van der Waals surface area contributed by atoms with Crippen LogP contribution in [0.15, 0.2) is 28.8 Å². The van der Waals surface area contributed by atoms with Crippen LogP contribution in [0, 0.1) is 5.82 Å². The fraction of sp³-hybridized carbons (Fsp3) is 0.375. The van der Waals surface area contributed by atoms with Gasteiger partial charge in [-0.05, 0) is 57.3 Å². The van der Waals surface area contributed by atoms with Crippen molar-refractivity contribution >= 4 is 23.2 Å². The Labute approximate surface area is 150 Å². The SMILES string of the molecule is CC(C)(C)NC(=S)NNC(=O)CCc1nc(-c2ccc(F)cc2)no1. The van der Waals surface area contributed by atoms with Crippen molar-refractivity contribution in [3.8, 4) is 11.4 Å². The Morgan fingerprint density at radius 2 is 1.92 bits per heavy atom. The maximum absolute atomic E-state index is 12.9. The van der Waals surface area contributed by atoms with E-state index in [-0.39, 0.29) is 30.1 Å². The third kappa shape index (κ3) is 6.46. The van der Waals surface area contributed by atoms with E-state index in [1.165, 1.54) is 12.1 Å². The van der Waals surface area contributed by atoms with Crippen LogP contribution in [0.3, 0.4) is 0 Å². The van der Waals surface area contributed by atoms with Crippen molar-refractivity contribution in [3.05, 3.63) is 36.0 Å². The number of hydrogen-bond donors (Lipinski definition) is 3. The Kier molecular flexibility index (Phi) is 6.02. The normalized spacial score (nSPS) is 11.0. The molecule has 2 aromatic rings. The lowest BCUT2D eigenvalue weighted by Crippen LogP contribution is -2.52. The molecule has 0 fully saturated rings. The minimum absolute atomic E-state index is 0.149. The zero-order valence-corrected chi connectivity index (χ0v) is 15.0. The second-order valence-corrected chi connectivity index (χ2v) is 6.80. The molecule has 0 atom stereocenters. The molecule has 0 radical (unpaired) electrons. The number of carbonyl (C=O) groups excluding carboxylic acids is 1. The molecule has 0 aliphatic rings. The molecule has 0 spiro atoms. The van der Waals surface area contributed by atoms with Gasteiger partial charge in [0.05, 0.1) is 0 Å². The highest BCUT2D eigenvalue weighted by Crippen LogP contribution is 2.16. The Hall–Kier alpha value is -2.55. The van der Waals surface area contributed by atoms with Crippen molar-refractivity contribution in [3.63, 3.8) is 0 Å². The number of hydrogen-bond acceptors (Lipinski definition) is 5. The number of halogens is 1. The van der Waals surface area contributed by atoms with Gasteiger partial charge in [-0.25, -0.2) is 4.39 Å². The summed E-state index contributed by atoms with van der Waals surface area (Å²) in [5.41, 5.74) is 5.57. The van der Waals surface area contributed by atoms with E-state index in [9.17, 15) is 9.18 Å². The Bertz CT molecular complexity index is 740. The monoisotopic (exact) mass is 365 g/mol. The van der Waals surface area contributed by atoms with E-state index in [0.717, 1.165) is 0 Å². The van der Waals surface area contributed by atoms with Crippen LogP contribution in [0.25, 0.3) is 11.4 Å². The summed E-state index contributed by atoms with van der Waals surface area (Å²) in [6, 6.07) is 5.76. The molecular formula is C16H20FN5O2S.